The average molecular weight is 394 g/mol. The van der Waals surface area contributed by atoms with Crippen molar-refractivity contribution >= 4 is 29.9 Å². The highest BCUT2D eigenvalue weighted by atomic mass is 35.5. The molecule has 1 aliphatic rings. The van der Waals surface area contributed by atoms with Gasteiger partial charge < -0.3 is 20.7 Å². The highest BCUT2D eigenvalue weighted by Gasteiger charge is 2.19. The summed E-state index contributed by atoms with van der Waals surface area (Å²) in [4.78, 5) is 24.4. The number of carbonyl (C=O) groups excluding carboxylic acids is 2. The predicted octanol–water partition coefficient (Wildman–Crippen LogP) is 1.85. The molecule has 0 saturated carbocycles. The van der Waals surface area contributed by atoms with Gasteiger partial charge in [0.05, 0.1) is 18.8 Å². The Morgan fingerprint density at radius 3 is 2.78 bits per heavy atom. The Balaban J connectivity index is 0.00000261. The van der Waals surface area contributed by atoms with Crippen LogP contribution in [-0.2, 0) is 0 Å². The first-order chi connectivity index (χ1) is 12.6. The van der Waals surface area contributed by atoms with E-state index in [4.69, 9.17) is 4.74 Å². The molecule has 1 saturated heterocycles. The van der Waals surface area contributed by atoms with E-state index < -0.39 is 0 Å². The summed E-state index contributed by atoms with van der Waals surface area (Å²) in [7, 11) is 3.06. The van der Waals surface area contributed by atoms with Gasteiger partial charge in [-0.25, -0.2) is 0 Å². The van der Waals surface area contributed by atoms with Crippen LogP contribution >= 0.6 is 12.4 Å². The molecule has 2 amide bonds. The normalized spacial score (nSPS) is 16.1. The van der Waals surface area contributed by atoms with Crippen molar-refractivity contribution < 1.29 is 14.3 Å². The lowest BCUT2D eigenvalue weighted by Crippen LogP contribution is -2.32. The molecule has 0 bridgehead atoms. The third kappa shape index (κ3) is 4.78. The number of aromatic nitrogens is 2. The summed E-state index contributed by atoms with van der Waals surface area (Å²) in [6, 6.07) is 6.82. The third-order valence-electron chi connectivity index (χ3n) is 4.42. The van der Waals surface area contributed by atoms with Gasteiger partial charge in [-0.1, -0.05) is 0 Å². The van der Waals surface area contributed by atoms with E-state index in [1.54, 1.807) is 31.3 Å². The molecule has 0 aliphatic carbocycles. The molecular weight excluding hydrogens is 370 g/mol. The average Bonchev–Trinajstić information content (AvgIpc) is 3.18. The van der Waals surface area contributed by atoms with E-state index >= 15 is 0 Å². The van der Waals surface area contributed by atoms with Crippen LogP contribution in [0.4, 0.5) is 5.69 Å². The molecule has 1 atom stereocenters. The van der Waals surface area contributed by atoms with E-state index in [-0.39, 0.29) is 30.3 Å². The Hall–Kier alpha value is -2.58. The number of nitrogens with one attached hydrogen (secondary N) is 3. The molecule has 9 heteroatoms. The SMILES string of the molecule is CNC(=O)c1ccc(OC)c(NC(=O)c2ccn(C3CCCNC3)n2)c1.Cl. The van der Waals surface area contributed by atoms with E-state index in [9.17, 15) is 9.59 Å². The van der Waals surface area contributed by atoms with Crippen LogP contribution in [0.1, 0.15) is 39.7 Å². The number of methoxy groups -OCH3 is 1. The molecule has 0 radical (unpaired) electrons. The maximum Gasteiger partial charge on any atom is 0.276 e. The number of anilines is 1. The van der Waals surface area contributed by atoms with Crippen molar-refractivity contribution in [3.63, 3.8) is 0 Å². The predicted molar refractivity (Wildman–Crippen MR) is 105 cm³/mol. The second-order valence-electron chi connectivity index (χ2n) is 6.13. The van der Waals surface area contributed by atoms with Crippen LogP contribution in [0, 0.1) is 0 Å². The molecule has 27 heavy (non-hydrogen) atoms. The number of hydrogen-bond acceptors (Lipinski definition) is 5. The smallest absolute Gasteiger partial charge is 0.276 e. The van der Waals surface area contributed by atoms with Crippen molar-refractivity contribution in [1.82, 2.24) is 20.4 Å². The molecule has 2 aromatic rings. The van der Waals surface area contributed by atoms with Crippen molar-refractivity contribution in [2.45, 2.75) is 18.9 Å². The van der Waals surface area contributed by atoms with Gasteiger partial charge in [-0.2, -0.15) is 5.10 Å². The van der Waals surface area contributed by atoms with Gasteiger partial charge in [0.25, 0.3) is 11.8 Å². The number of nitrogens with zero attached hydrogens (tertiary/aromatic N) is 2. The maximum absolute atomic E-state index is 12.6. The molecule has 1 aromatic heterocycles. The zero-order valence-electron chi connectivity index (χ0n) is 15.3. The van der Waals surface area contributed by atoms with E-state index in [0.29, 0.717) is 22.7 Å². The summed E-state index contributed by atoms with van der Waals surface area (Å²) in [5.74, 6) is -0.112. The van der Waals surface area contributed by atoms with Crippen LogP contribution in [0.2, 0.25) is 0 Å². The van der Waals surface area contributed by atoms with Crippen LogP contribution < -0.4 is 20.7 Å². The Labute approximate surface area is 164 Å². The number of amides is 2. The minimum atomic E-state index is -0.347. The van der Waals surface area contributed by atoms with Crippen molar-refractivity contribution in [3.8, 4) is 5.75 Å². The third-order valence-corrected chi connectivity index (χ3v) is 4.42. The van der Waals surface area contributed by atoms with E-state index in [1.807, 2.05) is 10.9 Å². The molecule has 0 spiro atoms. The number of hydrogen-bond donors (Lipinski definition) is 3. The first kappa shape index (κ1) is 20.7. The summed E-state index contributed by atoms with van der Waals surface area (Å²) < 4.78 is 7.10. The summed E-state index contributed by atoms with van der Waals surface area (Å²) >= 11 is 0. The second-order valence-corrected chi connectivity index (χ2v) is 6.13. The van der Waals surface area contributed by atoms with Gasteiger partial charge >= 0.3 is 0 Å². The van der Waals surface area contributed by atoms with Crippen molar-refractivity contribution in [1.29, 1.82) is 0 Å². The fraction of sp³-hybridized carbons (Fsp3) is 0.389. The molecule has 3 rings (SSSR count). The molecule has 3 N–H and O–H groups in total. The monoisotopic (exact) mass is 393 g/mol. The topological polar surface area (TPSA) is 97.3 Å². The molecule has 146 valence electrons. The highest BCUT2D eigenvalue weighted by molar-refractivity contribution is 6.04. The summed E-state index contributed by atoms with van der Waals surface area (Å²) in [6.45, 7) is 1.87. The first-order valence-electron chi connectivity index (χ1n) is 8.59. The summed E-state index contributed by atoms with van der Waals surface area (Å²) in [5, 5.41) is 13.1. The number of piperidine rings is 1. The largest absolute Gasteiger partial charge is 0.495 e. The molecule has 1 unspecified atom stereocenters. The summed E-state index contributed by atoms with van der Waals surface area (Å²) in [6.07, 6.45) is 3.96. The molecule has 8 nitrogen and oxygen atoms in total. The minimum absolute atomic E-state index is 0. The van der Waals surface area contributed by atoms with Gasteiger partial charge in [0.15, 0.2) is 5.69 Å². The lowest BCUT2D eigenvalue weighted by molar-refractivity contribution is 0.0961. The van der Waals surface area contributed by atoms with Crippen LogP contribution in [0.3, 0.4) is 0 Å². The summed E-state index contributed by atoms with van der Waals surface area (Å²) in [5.41, 5.74) is 1.18. The van der Waals surface area contributed by atoms with Gasteiger partial charge in [-0.05, 0) is 43.7 Å². The van der Waals surface area contributed by atoms with E-state index in [1.165, 1.54) is 7.11 Å². The lowest BCUT2D eigenvalue weighted by atomic mass is 10.1. The van der Waals surface area contributed by atoms with Gasteiger partial charge in [-0.3, -0.25) is 14.3 Å². The van der Waals surface area contributed by atoms with Crippen molar-refractivity contribution in [2.24, 2.45) is 0 Å². The number of halogens is 1. The molecule has 1 aromatic carbocycles. The van der Waals surface area contributed by atoms with Crippen LogP contribution in [0.25, 0.3) is 0 Å². The highest BCUT2D eigenvalue weighted by Crippen LogP contribution is 2.26. The zero-order chi connectivity index (χ0) is 18.5. The van der Waals surface area contributed by atoms with E-state index in [2.05, 4.69) is 21.0 Å². The number of ether oxygens (including phenoxy) is 1. The Morgan fingerprint density at radius 1 is 1.30 bits per heavy atom. The van der Waals surface area contributed by atoms with Gasteiger partial charge in [0, 0.05) is 25.4 Å². The number of benzene rings is 1. The Bertz CT molecular complexity index is 802. The molecular formula is C18H24ClN5O3. The lowest BCUT2D eigenvalue weighted by Gasteiger charge is -2.22. The van der Waals surface area contributed by atoms with Gasteiger partial charge in [-0.15, -0.1) is 12.4 Å². The minimum Gasteiger partial charge on any atom is -0.495 e. The Kier molecular flexibility index (Phi) is 7.20. The van der Waals surface area contributed by atoms with E-state index in [0.717, 1.165) is 25.9 Å². The van der Waals surface area contributed by atoms with Crippen LogP contribution in [-0.4, -0.2) is 48.8 Å². The number of carbonyl (C=O) groups is 2. The standard InChI is InChI=1S/C18H23N5O3.ClH/c1-19-17(24)12-5-6-16(26-2)15(10-12)21-18(25)14-7-9-23(22-14)13-4-3-8-20-11-13;/h5-7,9-10,13,20H,3-4,8,11H2,1-2H3,(H,19,24)(H,21,25);1H. The molecule has 1 fully saturated rings. The molecule has 2 heterocycles. The first-order valence-corrected chi connectivity index (χ1v) is 8.59. The van der Waals surface area contributed by atoms with Gasteiger partial charge in [0.2, 0.25) is 0 Å². The fourth-order valence-electron chi connectivity index (χ4n) is 3.00. The van der Waals surface area contributed by atoms with Gasteiger partial charge in [0.1, 0.15) is 5.75 Å². The Morgan fingerprint density at radius 2 is 2.11 bits per heavy atom. The van der Waals surface area contributed by atoms with Crippen LogP contribution in [0.5, 0.6) is 5.75 Å². The van der Waals surface area contributed by atoms with Crippen LogP contribution in [0.15, 0.2) is 30.5 Å². The van der Waals surface area contributed by atoms with Crippen molar-refractivity contribution in [2.75, 3.05) is 32.6 Å². The van der Waals surface area contributed by atoms with Crippen molar-refractivity contribution in [3.05, 3.63) is 41.7 Å². The molecule has 1 aliphatic heterocycles. The number of rotatable bonds is 5. The maximum atomic E-state index is 12.6. The quantitative estimate of drug-likeness (QED) is 0.720. The zero-order valence-corrected chi connectivity index (χ0v) is 16.1. The second kappa shape index (κ2) is 9.38. The fourth-order valence-corrected chi connectivity index (χ4v) is 3.00.